The molecule has 0 fully saturated rings. The number of ether oxygens (including phenoxy) is 2. The molecule has 44 heavy (non-hydrogen) atoms. The van der Waals surface area contributed by atoms with E-state index < -0.39 is 17.7 Å². The van der Waals surface area contributed by atoms with Gasteiger partial charge in [-0.05, 0) is 111 Å². The van der Waals surface area contributed by atoms with Gasteiger partial charge in [0.2, 0.25) is 0 Å². The molecule has 2 N–H and O–H groups in total. The number of methoxy groups -OCH3 is 1. The van der Waals surface area contributed by atoms with Gasteiger partial charge in [-0.25, -0.2) is 0 Å². The second kappa shape index (κ2) is 19.8. The van der Waals surface area contributed by atoms with Gasteiger partial charge in [0.1, 0.15) is 22.9 Å². The van der Waals surface area contributed by atoms with Crippen molar-refractivity contribution >= 4 is 11.8 Å². The van der Waals surface area contributed by atoms with Gasteiger partial charge in [0, 0.05) is 17.9 Å². The van der Waals surface area contributed by atoms with Gasteiger partial charge in [-0.1, -0.05) is 60.1 Å². The fourth-order valence-electron chi connectivity index (χ4n) is 4.77. The van der Waals surface area contributed by atoms with E-state index in [9.17, 15) is 19.8 Å². The topological polar surface area (TPSA) is 93.1 Å². The van der Waals surface area contributed by atoms with Crippen LogP contribution in [0.25, 0.3) is 0 Å². The zero-order valence-electron chi connectivity index (χ0n) is 28.4. The van der Waals surface area contributed by atoms with Crippen LogP contribution in [-0.2, 0) is 20.7 Å². The minimum atomic E-state index is -0.664. The molecule has 6 heteroatoms. The smallest absolute Gasteiger partial charge is 0.310 e. The standard InChI is InChI=1S/C38H56O6/c1-10-38(8,44-36-21-19-33(39)25-32(36)26-37(42)43-9)22-12-14-28(4)16-17-29(5)18-20-35(41)31(7)15-11-13-30(6)24-34(40)23-27(2)3/h10,13-14,17,19,21,23,25,31,34,39-40H,1,11-12,15-16,18,20,22,24,26H2,2-9H3/b28-14+,29-17+,30-13+. The molecule has 0 aliphatic rings. The van der Waals surface area contributed by atoms with Gasteiger partial charge in [-0.15, -0.1) is 0 Å². The Morgan fingerprint density at radius 2 is 1.68 bits per heavy atom. The summed E-state index contributed by atoms with van der Waals surface area (Å²) < 4.78 is 11.1. The van der Waals surface area contributed by atoms with Gasteiger partial charge in [-0.2, -0.15) is 0 Å². The minimum absolute atomic E-state index is 0.00260. The number of aliphatic hydroxyl groups excluding tert-OH is 1. The van der Waals surface area contributed by atoms with E-state index in [0.717, 1.165) is 43.3 Å². The Morgan fingerprint density at radius 1 is 1.00 bits per heavy atom. The van der Waals surface area contributed by atoms with E-state index in [1.54, 1.807) is 12.1 Å². The number of esters is 1. The minimum Gasteiger partial charge on any atom is -0.508 e. The highest BCUT2D eigenvalue weighted by Gasteiger charge is 2.24. The number of rotatable bonds is 20. The summed E-state index contributed by atoms with van der Waals surface area (Å²) in [4.78, 5) is 24.5. The number of hydrogen-bond acceptors (Lipinski definition) is 6. The first-order chi connectivity index (χ1) is 20.7. The summed E-state index contributed by atoms with van der Waals surface area (Å²) in [5.74, 6) is 0.487. The highest BCUT2D eigenvalue weighted by atomic mass is 16.5. The molecule has 0 heterocycles. The maximum atomic E-state index is 12.7. The summed E-state index contributed by atoms with van der Waals surface area (Å²) in [6.07, 6.45) is 15.6. The number of carbonyl (C=O) groups excluding carboxylic acids is 2. The zero-order chi connectivity index (χ0) is 33.3. The average Bonchev–Trinajstić information content (AvgIpc) is 2.95. The van der Waals surface area contributed by atoms with Crippen LogP contribution < -0.4 is 4.74 Å². The average molecular weight is 609 g/mol. The van der Waals surface area contributed by atoms with Crippen LogP contribution in [0.4, 0.5) is 0 Å². The van der Waals surface area contributed by atoms with Crippen LogP contribution in [0, 0.1) is 5.92 Å². The van der Waals surface area contributed by atoms with E-state index in [1.165, 1.54) is 30.4 Å². The van der Waals surface area contributed by atoms with E-state index in [-0.39, 0.29) is 18.1 Å². The largest absolute Gasteiger partial charge is 0.508 e. The number of Topliss-reactive ketones (excluding diaryl/α,β-unsaturated/α-hetero) is 1. The summed E-state index contributed by atoms with van der Waals surface area (Å²) >= 11 is 0. The number of hydrogen-bond donors (Lipinski definition) is 2. The van der Waals surface area contributed by atoms with Crippen molar-refractivity contribution in [3.63, 3.8) is 0 Å². The summed E-state index contributed by atoms with van der Waals surface area (Å²) in [5.41, 5.74) is 4.61. The Morgan fingerprint density at radius 3 is 2.32 bits per heavy atom. The van der Waals surface area contributed by atoms with Gasteiger partial charge in [0.05, 0.1) is 19.6 Å². The number of aromatic hydroxyl groups is 1. The van der Waals surface area contributed by atoms with Crippen LogP contribution in [0.3, 0.4) is 0 Å². The Hall–Kier alpha value is -3.38. The van der Waals surface area contributed by atoms with Crippen LogP contribution in [0.2, 0.25) is 0 Å². The fraction of sp³-hybridized carbons (Fsp3) is 0.526. The molecule has 0 aromatic heterocycles. The van der Waals surface area contributed by atoms with Gasteiger partial charge < -0.3 is 19.7 Å². The van der Waals surface area contributed by atoms with E-state index in [4.69, 9.17) is 9.47 Å². The Bertz CT molecular complexity index is 1210. The Balaban J connectivity index is 2.56. The first kappa shape index (κ1) is 38.6. The van der Waals surface area contributed by atoms with Gasteiger partial charge in [-0.3, -0.25) is 9.59 Å². The van der Waals surface area contributed by atoms with E-state index in [0.29, 0.717) is 36.4 Å². The van der Waals surface area contributed by atoms with Crippen LogP contribution in [-0.4, -0.2) is 40.8 Å². The third kappa shape index (κ3) is 15.9. The second-order valence-corrected chi connectivity index (χ2v) is 12.5. The number of carbonyl (C=O) groups is 2. The van der Waals surface area contributed by atoms with Crippen LogP contribution >= 0.6 is 0 Å². The number of aliphatic hydroxyl groups is 1. The normalized spacial score (nSPS) is 15.2. The predicted octanol–water partition coefficient (Wildman–Crippen LogP) is 8.92. The SMILES string of the molecule is C=CC(C)(CC/C=C(\C)C/C=C(\C)CCC(=O)C(C)CC/C=C(\C)CC(O)C=C(C)C)Oc1ccc(O)cc1CC(=O)OC. The molecule has 0 aliphatic heterocycles. The Kier molecular flexibility index (Phi) is 17.4. The fourth-order valence-corrected chi connectivity index (χ4v) is 4.77. The lowest BCUT2D eigenvalue weighted by molar-refractivity contribution is -0.139. The molecule has 0 saturated heterocycles. The molecule has 1 aromatic rings. The molecule has 0 aliphatic carbocycles. The lowest BCUT2D eigenvalue weighted by Gasteiger charge is -2.28. The lowest BCUT2D eigenvalue weighted by Crippen LogP contribution is -2.30. The number of ketones is 1. The van der Waals surface area contributed by atoms with Crippen molar-refractivity contribution in [3.8, 4) is 11.5 Å². The Labute approximate surface area is 266 Å². The number of benzene rings is 1. The van der Waals surface area contributed by atoms with Crippen molar-refractivity contribution < 1.29 is 29.3 Å². The number of phenols is 1. The maximum Gasteiger partial charge on any atom is 0.310 e. The molecule has 1 aromatic carbocycles. The van der Waals surface area contributed by atoms with E-state index in [2.05, 4.69) is 38.7 Å². The summed E-state index contributed by atoms with van der Waals surface area (Å²) in [7, 11) is 1.33. The monoisotopic (exact) mass is 608 g/mol. The highest BCUT2D eigenvalue weighted by molar-refractivity contribution is 5.80. The molecular formula is C38H56O6. The van der Waals surface area contributed by atoms with Crippen molar-refractivity contribution in [2.45, 2.75) is 118 Å². The number of allylic oxidation sites excluding steroid dienone is 6. The quantitative estimate of drug-likeness (QED) is 0.113. The summed E-state index contributed by atoms with van der Waals surface area (Å²) in [5, 5.41) is 19.9. The first-order valence-corrected chi connectivity index (χ1v) is 15.7. The molecule has 3 unspecified atom stereocenters. The van der Waals surface area contributed by atoms with Gasteiger partial charge in [0.25, 0.3) is 0 Å². The van der Waals surface area contributed by atoms with Crippen LogP contribution in [0.1, 0.15) is 105 Å². The van der Waals surface area contributed by atoms with Crippen LogP contribution in [0.15, 0.2) is 77.5 Å². The molecule has 3 atom stereocenters. The van der Waals surface area contributed by atoms with Crippen molar-refractivity contribution in [2.24, 2.45) is 5.92 Å². The molecule has 6 nitrogen and oxygen atoms in total. The molecule has 0 bridgehead atoms. The van der Waals surface area contributed by atoms with E-state index in [1.807, 2.05) is 40.7 Å². The molecule has 0 radical (unpaired) electrons. The second-order valence-electron chi connectivity index (χ2n) is 12.5. The molecule has 0 saturated carbocycles. The van der Waals surface area contributed by atoms with Crippen molar-refractivity contribution in [2.75, 3.05) is 7.11 Å². The molecule has 244 valence electrons. The van der Waals surface area contributed by atoms with Gasteiger partial charge in [0.15, 0.2) is 0 Å². The summed E-state index contributed by atoms with van der Waals surface area (Å²) in [6.45, 7) is 18.1. The third-order valence-corrected chi connectivity index (χ3v) is 7.75. The predicted molar refractivity (Wildman–Crippen MR) is 181 cm³/mol. The molecular weight excluding hydrogens is 552 g/mol. The van der Waals surface area contributed by atoms with Crippen molar-refractivity contribution in [3.05, 3.63) is 83.0 Å². The van der Waals surface area contributed by atoms with Gasteiger partial charge >= 0.3 is 5.97 Å². The summed E-state index contributed by atoms with van der Waals surface area (Å²) in [6, 6.07) is 4.71. The highest BCUT2D eigenvalue weighted by Crippen LogP contribution is 2.30. The first-order valence-electron chi connectivity index (χ1n) is 15.7. The lowest BCUT2D eigenvalue weighted by atomic mass is 9.94. The maximum absolute atomic E-state index is 12.7. The number of phenolic OH excluding ortho intramolecular Hbond substituents is 1. The van der Waals surface area contributed by atoms with Crippen molar-refractivity contribution in [1.29, 1.82) is 0 Å². The third-order valence-electron chi connectivity index (χ3n) is 7.75. The van der Waals surface area contributed by atoms with Crippen molar-refractivity contribution in [1.82, 2.24) is 0 Å². The zero-order valence-corrected chi connectivity index (χ0v) is 28.4. The van der Waals surface area contributed by atoms with Crippen LogP contribution in [0.5, 0.6) is 11.5 Å². The molecule has 0 amide bonds. The molecule has 0 spiro atoms. The molecule has 1 rings (SSSR count). The van der Waals surface area contributed by atoms with E-state index >= 15 is 0 Å².